The number of ether oxygens (including phenoxy) is 3. The fourth-order valence-electron chi connectivity index (χ4n) is 2.23. The quantitative estimate of drug-likeness (QED) is 0.674. The summed E-state index contributed by atoms with van der Waals surface area (Å²) in [7, 11) is 2.97. The Balaban J connectivity index is 1.94. The molecule has 1 N–H and O–H groups in total. The molecule has 25 heavy (non-hydrogen) atoms. The van der Waals surface area contributed by atoms with Crippen LogP contribution in [0.2, 0.25) is 0 Å². The van der Waals surface area contributed by atoms with Crippen molar-refractivity contribution in [3.8, 4) is 23.1 Å². The molecule has 9 heteroatoms. The van der Waals surface area contributed by atoms with E-state index < -0.39 is 11.3 Å². The third kappa shape index (κ3) is 3.78. The van der Waals surface area contributed by atoms with Crippen LogP contribution in [0.5, 0.6) is 23.1 Å². The van der Waals surface area contributed by atoms with E-state index in [0.29, 0.717) is 39.8 Å². The highest BCUT2D eigenvalue weighted by atomic mass is 32.2. The van der Waals surface area contributed by atoms with Crippen molar-refractivity contribution < 1.29 is 23.0 Å². The topological polar surface area (TPSA) is 106 Å². The molecule has 8 nitrogen and oxygen atoms in total. The number of nitrogens with zero attached hydrogens (tertiary/aromatic N) is 2. The maximum atomic E-state index is 10.8. The lowest BCUT2D eigenvalue weighted by molar-refractivity contribution is 0.399. The van der Waals surface area contributed by atoms with Crippen LogP contribution in [-0.2, 0) is 11.3 Å². The Morgan fingerprint density at radius 2 is 1.92 bits per heavy atom. The summed E-state index contributed by atoms with van der Waals surface area (Å²) < 4.78 is 40.0. The second-order valence-corrected chi connectivity index (χ2v) is 5.51. The molecule has 3 aromatic rings. The lowest BCUT2D eigenvalue weighted by atomic mass is 10.2. The van der Waals surface area contributed by atoms with Gasteiger partial charge in [-0.05, 0) is 24.3 Å². The minimum Gasteiger partial charge on any atom is -0.755 e. The Hall–Kier alpha value is -2.91. The van der Waals surface area contributed by atoms with Gasteiger partial charge in [0, 0.05) is 29.6 Å². The first-order valence-corrected chi connectivity index (χ1v) is 8.20. The maximum Gasteiger partial charge on any atom is 0.215 e. The van der Waals surface area contributed by atoms with E-state index in [0.717, 1.165) is 0 Å². The number of nitrogens with one attached hydrogen (secondary N) is 1. The van der Waals surface area contributed by atoms with Crippen LogP contribution in [0.4, 0.5) is 5.69 Å². The summed E-state index contributed by atoms with van der Waals surface area (Å²) in [5, 5.41) is 0.713. The molecule has 0 saturated carbocycles. The van der Waals surface area contributed by atoms with Crippen molar-refractivity contribution in [2.24, 2.45) is 0 Å². The van der Waals surface area contributed by atoms with Crippen LogP contribution < -0.4 is 18.9 Å². The summed E-state index contributed by atoms with van der Waals surface area (Å²) >= 11 is -2.44. The molecule has 2 heterocycles. The summed E-state index contributed by atoms with van der Waals surface area (Å²) in [6.45, 7) is 0. The predicted molar refractivity (Wildman–Crippen MR) is 91.7 cm³/mol. The van der Waals surface area contributed by atoms with Crippen molar-refractivity contribution in [1.82, 2.24) is 9.97 Å². The molecule has 0 aliphatic carbocycles. The van der Waals surface area contributed by atoms with Gasteiger partial charge in [0.2, 0.25) is 5.88 Å². The van der Waals surface area contributed by atoms with Gasteiger partial charge >= 0.3 is 0 Å². The molecule has 0 radical (unpaired) electrons. The monoisotopic (exact) mass is 360 g/mol. The number of anilines is 1. The van der Waals surface area contributed by atoms with Crippen LogP contribution in [0.1, 0.15) is 0 Å². The summed E-state index contributed by atoms with van der Waals surface area (Å²) in [5.74, 6) is 1.82. The molecule has 0 bridgehead atoms. The highest BCUT2D eigenvalue weighted by Gasteiger charge is 2.10. The molecule has 1 unspecified atom stereocenters. The Labute approximate surface area is 146 Å². The molecule has 0 saturated heterocycles. The molecule has 2 aromatic heterocycles. The van der Waals surface area contributed by atoms with E-state index in [1.54, 1.807) is 42.6 Å². The minimum absolute atomic E-state index is 0.314. The smallest absolute Gasteiger partial charge is 0.215 e. The fraction of sp³-hybridized carbons (Fsp3) is 0.125. The fourth-order valence-corrected chi connectivity index (χ4v) is 2.57. The number of hydrogen-bond acceptors (Lipinski definition) is 7. The van der Waals surface area contributed by atoms with Crippen LogP contribution in [0.15, 0.2) is 42.6 Å². The van der Waals surface area contributed by atoms with Gasteiger partial charge in [0.15, 0.2) is 5.65 Å². The standard InChI is InChI=1S/C16H15N3O5S/c1-22-14-9-10(3-5-12(14)19-25(20)21)24-13-7-8-17-16-11(13)4-6-15(18-16)23-2/h3-9,19H,1-2H3,(H,20,21)/p-1. The van der Waals surface area contributed by atoms with Crippen LogP contribution >= 0.6 is 0 Å². The van der Waals surface area contributed by atoms with Crippen molar-refractivity contribution in [1.29, 1.82) is 0 Å². The van der Waals surface area contributed by atoms with Crippen LogP contribution in [0.3, 0.4) is 0 Å². The summed E-state index contributed by atoms with van der Waals surface area (Å²) in [6.07, 6.45) is 1.58. The normalized spacial score (nSPS) is 11.8. The molecule has 3 rings (SSSR count). The van der Waals surface area contributed by atoms with Crippen molar-refractivity contribution in [2.45, 2.75) is 0 Å². The van der Waals surface area contributed by atoms with Gasteiger partial charge in [-0.25, -0.2) is 4.98 Å². The third-order valence-electron chi connectivity index (χ3n) is 3.34. The number of pyridine rings is 2. The van der Waals surface area contributed by atoms with E-state index in [9.17, 15) is 8.76 Å². The molecular weight excluding hydrogens is 346 g/mol. The SMILES string of the molecule is COc1ccc2c(Oc3ccc(NS(=O)[O-])c(OC)c3)ccnc2n1. The van der Waals surface area contributed by atoms with Gasteiger partial charge < -0.3 is 23.5 Å². The van der Waals surface area contributed by atoms with Crippen LogP contribution in [0, 0.1) is 0 Å². The van der Waals surface area contributed by atoms with E-state index in [1.165, 1.54) is 14.2 Å². The summed E-state index contributed by atoms with van der Waals surface area (Å²) in [4.78, 5) is 8.46. The van der Waals surface area contributed by atoms with Crippen LogP contribution in [-0.4, -0.2) is 32.9 Å². The maximum absolute atomic E-state index is 10.8. The van der Waals surface area contributed by atoms with Gasteiger partial charge in [0.05, 0.1) is 25.3 Å². The zero-order valence-corrected chi connectivity index (χ0v) is 14.2. The molecule has 130 valence electrons. The molecule has 1 aromatic carbocycles. The second kappa shape index (κ2) is 7.32. The zero-order valence-electron chi connectivity index (χ0n) is 13.4. The first-order chi connectivity index (χ1) is 12.1. The van der Waals surface area contributed by atoms with E-state index >= 15 is 0 Å². The van der Waals surface area contributed by atoms with Gasteiger partial charge in [-0.2, -0.15) is 4.98 Å². The Morgan fingerprint density at radius 3 is 2.64 bits per heavy atom. The Morgan fingerprint density at radius 1 is 1.08 bits per heavy atom. The number of fused-ring (bicyclic) bond motifs is 1. The lowest BCUT2D eigenvalue weighted by Gasteiger charge is -2.14. The number of rotatable bonds is 6. The Kier molecular flexibility index (Phi) is 4.96. The van der Waals surface area contributed by atoms with Crippen molar-refractivity contribution in [3.63, 3.8) is 0 Å². The van der Waals surface area contributed by atoms with E-state index in [1.807, 2.05) is 0 Å². The van der Waals surface area contributed by atoms with Crippen molar-refractivity contribution in [2.75, 3.05) is 18.9 Å². The molecule has 0 spiro atoms. The first kappa shape index (κ1) is 16.9. The lowest BCUT2D eigenvalue weighted by Crippen LogP contribution is -2.04. The molecule has 0 aliphatic heterocycles. The predicted octanol–water partition coefficient (Wildman–Crippen LogP) is 2.65. The highest BCUT2D eigenvalue weighted by Crippen LogP contribution is 2.34. The average molecular weight is 360 g/mol. The number of hydrogen-bond donors (Lipinski definition) is 1. The molecule has 0 fully saturated rings. The minimum atomic E-state index is -2.44. The number of benzene rings is 1. The van der Waals surface area contributed by atoms with E-state index in [2.05, 4.69) is 14.7 Å². The van der Waals surface area contributed by atoms with Crippen LogP contribution in [0.25, 0.3) is 11.0 Å². The summed E-state index contributed by atoms with van der Waals surface area (Å²) in [5.41, 5.74) is 0.804. The molecule has 0 amide bonds. The molecular formula is C16H14N3O5S-. The summed E-state index contributed by atoms with van der Waals surface area (Å²) in [6, 6.07) is 9.99. The third-order valence-corrected chi connectivity index (χ3v) is 3.73. The number of aromatic nitrogens is 2. The highest BCUT2D eigenvalue weighted by molar-refractivity contribution is 7.80. The van der Waals surface area contributed by atoms with Gasteiger partial charge in [-0.3, -0.25) is 4.21 Å². The van der Waals surface area contributed by atoms with E-state index in [4.69, 9.17) is 14.2 Å². The van der Waals surface area contributed by atoms with Crippen molar-refractivity contribution in [3.05, 3.63) is 42.6 Å². The van der Waals surface area contributed by atoms with Crippen molar-refractivity contribution >= 4 is 28.0 Å². The average Bonchev–Trinajstić information content (AvgIpc) is 2.62. The first-order valence-electron chi connectivity index (χ1n) is 7.12. The van der Waals surface area contributed by atoms with E-state index in [-0.39, 0.29) is 0 Å². The van der Waals surface area contributed by atoms with Gasteiger partial charge in [0.1, 0.15) is 17.2 Å². The molecule has 1 atom stereocenters. The largest absolute Gasteiger partial charge is 0.755 e. The van der Waals surface area contributed by atoms with Gasteiger partial charge in [0.25, 0.3) is 0 Å². The van der Waals surface area contributed by atoms with Gasteiger partial charge in [-0.15, -0.1) is 0 Å². The molecule has 0 aliphatic rings. The second-order valence-electron chi connectivity index (χ2n) is 4.83. The van der Waals surface area contributed by atoms with Gasteiger partial charge in [-0.1, -0.05) is 0 Å². The zero-order chi connectivity index (χ0) is 17.8. The Bertz CT molecular complexity index is 935. The number of methoxy groups -OCH3 is 2.